The van der Waals surface area contributed by atoms with E-state index < -0.39 is 177 Å². The summed E-state index contributed by atoms with van der Waals surface area (Å²) in [4.78, 5) is 185. The molecule has 0 unspecified atom stereocenters. The zero-order valence-corrected chi connectivity index (χ0v) is 81.4. The van der Waals surface area contributed by atoms with Gasteiger partial charge in [-0.1, -0.05) is 55.4 Å². The number of aliphatic carboxylic acids is 5. The Labute approximate surface area is 829 Å². The Balaban J connectivity index is 0.000000260. The molecule has 0 spiro atoms. The van der Waals surface area contributed by atoms with Gasteiger partial charge in [0.2, 0.25) is 29.5 Å². The lowest BCUT2D eigenvalue weighted by Gasteiger charge is -2.40. The van der Waals surface area contributed by atoms with Gasteiger partial charge in [0.25, 0.3) is 0 Å². The Bertz CT molecular complexity index is 6370. The zero-order valence-electron chi connectivity index (χ0n) is 78.1. The van der Waals surface area contributed by atoms with Crippen LogP contribution >= 0.6 is 45.3 Å². The summed E-state index contributed by atoms with van der Waals surface area (Å²) in [5, 5.41) is 105. The number of phenols is 1. The third kappa shape index (κ3) is 32.5. The number of rotatable bonds is 44. The molecular formula is C96H105F4N13O26S4. The minimum Gasteiger partial charge on any atom is -0.507 e. The van der Waals surface area contributed by atoms with Gasteiger partial charge in [-0.05, 0) is 217 Å². The van der Waals surface area contributed by atoms with Crippen LogP contribution in [0, 0.1) is 66.6 Å². The molecule has 1 aliphatic rings. The molecule has 47 heteroatoms. The summed E-state index contributed by atoms with van der Waals surface area (Å²) in [5.74, 6) is -19.5. The largest absolute Gasteiger partial charge is 0.507 e. The maximum Gasteiger partial charge on any atom is 0.353 e. The Morgan fingerprint density at radius 3 is 1.02 bits per heavy atom. The fraction of sp³-hybridized carbons (Fsp3) is 0.323. The number of carbonyl (C=O) groups excluding carboxylic acids is 9. The molecule has 0 aliphatic heterocycles. The first-order valence-corrected chi connectivity index (χ1v) is 46.6. The number of aromatic hydroxyl groups is 1. The number of carbonyl (C=O) groups is 15. The Kier molecular flexibility index (Phi) is 39.5. The van der Waals surface area contributed by atoms with E-state index in [1.54, 1.807) is 79.7 Å². The number of carboxylic acids is 6. The van der Waals surface area contributed by atoms with Crippen LogP contribution < -0.4 is 68.9 Å². The van der Waals surface area contributed by atoms with Gasteiger partial charge in [-0.25, -0.2) is 51.1 Å². The van der Waals surface area contributed by atoms with Gasteiger partial charge >= 0.3 is 59.7 Å². The average molecular weight is 2060 g/mol. The van der Waals surface area contributed by atoms with Crippen molar-refractivity contribution in [3.05, 3.63) is 230 Å². The molecule has 4 aromatic heterocycles. The number of anilines is 1. The van der Waals surface area contributed by atoms with Crippen LogP contribution in [0.5, 0.6) is 28.7 Å². The van der Waals surface area contributed by atoms with Crippen molar-refractivity contribution in [1.29, 1.82) is 21.6 Å². The van der Waals surface area contributed by atoms with Crippen molar-refractivity contribution < 1.29 is 144 Å². The summed E-state index contributed by atoms with van der Waals surface area (Å²) in [6.07, 6.45) is 0.898. The molecule has 39 nitrogen and oxygen atoms in total. The number of nitrogens with one attached hydrogen (secondary N) is 8. The van der Waals surface area contributed by atoms with Gasteiger partial charge in [0.15, 0.2) is 46.3 Å². The molecule has 5 amide bonds. The highest BCUT2D eigenvalue weighted by Crippen LogP contribution is 2.40. The Morgan fingerprint density at radius 1 is 0.427 bits per heavy atom. The minimum atomic E-state index is -1.45. The van der Waals surface area contributed by atoms with Crippen LogP contribution in [0.4, 0.5) is 23.2 Å². The number of amides is 5. The van der Waals surface area contributed by atoms with Crippen LogP contribution in [0.3, 0.4) is 0 Å². The van der Waals surface area contributed by atoms with Crippen LogP contribution in [0.15, 0.2) is 140 Å². The highest BCUT2D eigenvalue weighted by Gasteiger charge is 2.48. The molecule has 4 heterocycles. The van der Waals surface area contributed by atoms with Crippen molar-refractivity contribution in [3.63, 3.8) is 0 Å². The highest BCUT2D eigenvalue weighted by atomic mass is 32.1. The SMILES string of the molecule is CC(C)(Cc1ccc(C(=O)Oc2ccc(C(=N)N)cc2F)s1)C(=O)NC(CCC(=O)O)(CCC(=O)O)CCC(=O)O.CC(C)(Cc1ccc(C(=O)Oc2ccc(C(=N)N)cc2F)s1)C(=O)NC1(C(=O)O)CCC1.CC(C)(Cc1ccc(C(=O)Oc2ccc(C(=N)N)cc2F)s1)C(=O)Nc1ccc(O)c(C(=O)O)c1.CCC(CC)(Cc1ccc(C(=O)Oc2ccc(C(=N)N)cc2F)s1)C(=O)N[C@@H](CC(N)=O)C(=O)O. The predicted molar refractivity (Wildman–Crippen MR) is 517 cm³/mol. The summed E-state index contributed by atoms with van der Waals surface area (Å²) < 4.78 is 77.2. The number of primary amides is 1. The topological polar surface area (TPSA) is 708 Å². The number of esters is 4. The summed E-state index contributed by atoms with van der Waals surface area (Å²) in [6, 6.07) is 29.1. The first-order valence-electron chi connectivity index (χ1n) is 43.3. The quantitative estimate of drug-likeness (QED) is 0.00421. The standard InChI is InChI=1S/C27H32FN3O9S.C24H22FN3O6S.C23H27FN4O6S.C22H24FN3O5S/c1-26(2,25(39)31-27(10-7-20(32)33,11-8-21(34)35)12-9-22(36)37)14-16-4-6-19(41-16)24(38)40-18-5-3-15(23(29)30)13-17(18)28;1-24(2,23(33)28-13-4-6-17(29)15(10-13)21(30)31)11-14-5-8-19(35-14)22(32)34-18-7-3-12(20(26)27)9-16(18)25;1-3-23(4-2,22(33)28-15(20(30)31)10-18(25)29)11-13-6-8-17(35-13)21(32)34-16-7-5-12(19(26)27)9-14(16)24;1-21(2,19(28)26-22(20(29)30)8-3-9-22)11-13-5-7-16(32-13)18(27)31-15-6-4-12(17(24)25)10-14(15)23/h3-6,13H,7-12,14H2,1-2H3,(H3,29,30)(H,31,39)(H,32,33)(H,34,35)(H,36,37);3-10,29H,11H2,1-2H3,(H3,26,27)(H,28,33)(H,30,31);5-9,15H,3-4,10-11H2,1-2H3,(H2,25,29)(H3,26,27)(H,28,33)(H,30,31);4-7,10H,3,8-9,11H2,1-2H3,(H3,24,25)(H,26,28)(H,29,30)/t;;15-;/m..0./s1. The van der Waals surface area contributed by atoms with Gasteiger partial charge in [-0.2, -0.15) is 0 Å². The number of carboxylic acid groups (broad SMARTS) is 6. The van der Waals surface area contributed by atoms with Crippen LogP contribution in [0.1, 0.15) is 223 Å². The second-order valence-corrected chi connectivity index (χ2v) is 39.5. The molecule has 5 aromatic carbocycles. The lowest BCUT2D eigenvalue weighted by atomic mass is 9.75. The molecule has 25 N–H and O–H groups in total. The molecule has 0 bridgehead atoms. The van der Waals surface area contributed by atoms with Gasteiger partial charge in [0, 0.05) is 88.5 Å². The molecule has 762 valence electrons. The van der Waals surface area contributed by atoms with Crippen LogP contribution in [0.2, 0.25) is 0 Å². The normalized spacial score (nSPS) is 12.3. The minimum absolute atomic E-state index is 0.116. The number of hydrogen-bond donors (Lipinski definition) is 20. The number of nitrogen functional groups attached to an aromatic ring is 4. The van der Waals surface area contributed by atoms with Gasteiger partial charge in [0.05, 0.1) is 11.8 Å². The molecule has 1 saturated carbocycles. The number of ether oxygens (including phenoxy) is 4. The van der Waals surface area contributed by atoms with Gasteiger partial charge in [0.1, 0.15) is 65.7 Å². The predicted octanol–water partition coefficient (Wildman–Crippen LogP) is 12.7. The maximum atomic E-state index is 14.3. The summed E-state index contributed by atoms with van der Waals surface area (Å²) in [7, 11) is 0. The van der Waals surface area contributed by atoms with E-state index in [4.69, 9.17) is 74.4 Å². The van der Waals surface area contributed by atoms with Crippen molar-refractivity contribution in [1.82, 2.24) is 16.0 Å². The average Bonchev–Trinajstić information content (AvgIpc) is 0.931. The van der Waals surface area contributed by atoms with E-state index in [1.807, 2.05) is 0 Å². The summed E-state index contributed by atoms with van der Waals surface area (Å²) in [5.41, 5.74) is 20.3. The first kappa shape index (κ1) is 114. The number of hydrogen-bond acceptors (Lipinski definition) is 28. The Morgan fingerprint density at radius 2 is 0.748 bits per heavy atom. The number of amidine groups is 4. The first-order chi connectivity index (χ1) is 66.7. The molecule has 1 atom stereocenters. The lowest BCUT2D eigenvalue weighted by molar-refractivity contribution is -0.153. The molecule has 1 fully saturated rings. The van der Waals surface area contributed by atoms with E-state index in [0.29, 0.717) is 40.3 Å². The number of benzene rings is 5. The third-order valence-corrected chi connectivity index (χ3v) is 26.8. The van der Waals surface area contributed by atoms with Crippen molar-refractivity contribution in [2.24, 2.45) is 50.3 Å². The third-order valence-electron chi connectivity index (χ3n) is 22.6. The van der Waals surface area contributed by atoms with E-state index in [9.17, 15) is 120 Å². The van der Waals surface area contributed by atoms with Crippen molar-refractivity contribution in [2.75, 3.05) is 5.32 Å². The van der Waals surface area contributed by atoms with E-state index in [-0.39, 0.29) is 150 Å². The highest BCUT2D eigenvalue weighted by molar-refractivity contribution is 7.15. The zero-order chi connectivity index (χ0) is 107. The number of thiophene rings is 4. The second-order valence-electron chi connectivity index (χ2n) is 34.8. The second kappa shape index (κ2) is 49.5. The van der Waals surface area contributed by atoms with Gasteiger partial charge in [-0.15, -0.1) is 45.3 Å². The number of aromatic carboxylic acids is 1. The fourth-order valence-electron chi connectivity index (χ4n) is 13.8. The van der Waals surface area contributed by atoms with Crippen LogP contribution in [-0.4, -0.2) is 165 Å². The molecule has 1 aliphatic carbocycles. The number of halogens is 4. The van der Waals surface area contributed by atoms with Crippen LogP contribution in [0.25, 0.3) is 0 Å². The summed E-state index contributed by atoms with van der Waals surface area (Å²) >= 11 is 4.28. The van der Waals surface area contributed by atoms with E-state index in [1.165, 1.54) is 84.9 Å². The summed E-state index contributed by atoms with van der Waals surface area (Å²) in [6.45, 7) is 13.5. The molecule has 0 radical (unpaired) electrons. The van der Waals surface area contributed by atoms with Crippen molar-refractivity contribution in [3.8, 4) is 28.7 Å². The van der Waals surface area contributed by atoms with E-state index in [2.05, 4.69) is 21.3 Å². The monoisotopic (exact) mass is 2060 g/mol. The smallest absolute Gasteiger partial charge is 0.353 e. The van der Waals surface area contributed by atoms with Gasteiger partial charge < -0.3 is 105 Å². The Hall–Kier alpha value is -15.7. The van der Waals surface area contributed by atoms with Crippen LogP contribution in [-0.2, 0) is 73.6 Å². The molecule has 0 saturated heterocycles. The molecule has 10 rings (SSSR count). The lowest BCUT2D eigenvalue weighted by Crippen LogP contribution is -2.61. The van der Waals surface area contributed by atoms with E-state index >= 15 is 0 Å². The molecular weight excluding hydrogens is 1960 g/mol. The molecule has 143 heavy (non-hydrogen) atoms. The van der Waals surface area contributed by atoms with E-state index in [0.717, 1.165) is 87.0 Å². The number of nitrogens with two attached hydrogens (primary N) is 5. The maximum absolute atomic E-state index is 14.3. The van der Waals surface area contributed by atoms with Gasteiger partial charge in [-0.3, -0.25) is 60.0 Å². The fourth-order valence-corrected chi connectivity index (χ4v) is 18.2. The molecule has 9 aromatic rings. The van der Waals surface area contributed by atoms with Crippen molar-refractivity contribution >= 4 is 164 Å². The van der Waals surface area contributed by atoms with Crippen molar-refractivity contribution in [2.45, 2.75) is 175 Å².